The number of hydrogen-bond acceptors (Lipinski definition) is 6. The van der Waals surface area contributed by atoms with Crippen molar-refractivity contribution in [2.45, 2.75) is 43.2 Å². The van der Waals surface area contributed by atoms with Crippen molar-refractivity contribution in [1.29, 1.82) is 0 Å². The molecule has 0 unspecified atom stereocenters. The lowest BCUT2D eigenvalue weighted by Crippen LogP contribution is -2.24. The molecule has 1 saturated carbocycles. The maximum atomic E-state index is 10.8. The molecule has 1 aliphatic rings. The van der Waals surface area contributed by atoms with E-state index in [0.717, 1.165) is 36.0 Å². The first-order valence-corrected chi connectivity index (χ1v) is 9.76. The highest BCUT2D eigenvalue weighted by Gasteiger charge is 2.23. The molecule has 0 atom stereocenters. The summed E-state index contributed by atoms with van der Waals surface area (Å²) in [5, 5.41) is 24.2. The van der Waals surface area contributed by atoms with Crippen LogP contribution in [0.15, 0.2) is 46.7 Å². The number of thioether (sulfide) groups is 1. The summed E-state index contributed by atoms with van der Waals surface area (Å²) < 4.78 is 1.68. The van der Waals surface area contributed by atoms with Gasteiger partial charge >= 0.3 is 0 Å². The molecule has 7 heteroatoms. The smallest absolute Gasteiger partial charge is 0.212 e. The van der Waals surface area contributed by atoms with Crippen LogP contribution in [-0.4, -0.2) is 32.8 Å². The fraction of sp³-hybridized carbons (Fsp3) is 0.368. The SMILES string of the molecule is O=C([O-])CSc1nnc(C2CCCCC2)n1/N=C\C=C\c1ccccc1. The summed E-state index contributed by atoms with van der Waals surface area (Å²) >= 11 is 1.08. The molecular formula is C19H21N4O2S-. The fourth-order valence-electron chi connectivity index (χ4n) is 3.04. The Kier molecular flexibility index (Phi) is 6.60. The van der Waals surface area contributed by atoms with Crippen LogP contribution in [0.1, 0.15) is 49.4 Å². The second kappa shape index (κ2) is 9.33. The summed E-state index contributed by atoms with van der Waals surface area (Å²) in [6, 6.07) is 9.95. The average molecular weight is 369 g/mol. The summed E-state index contributed by atoms with van der Waals surface area (Å²) in [5.41, 5.74) is 1.08. The molecule has 0 spiro atoms. The third kappa shape index (κ3) is 5.05. The number of carbonyl (C=O) groups excluding carboxylic acids is 1. The number of carbonyl (C=O) groups is 1. The number of carboxylic acids is 1. The van der Waals surface area contributed by atoms with Crippen LogP contribution in [0.3, 0.4) is 0 Å². The van der Waals surface area contributed by atoms with Crippen LogP contribution in [0.5, 0.6) is 0 Å². The third-order valence-electron chi connectivity index (χ3n) is 4.28. The molecule has 1 heterocycles. The van der Waals surface area contributed by atoms with Crippen molar-refractivity contribution in [3.05, 3.63) is 47.8 Å². The first kappa shape index (κ1) is 18.4. The molecule has 1 aromatic heterocycles. The number of benzene rings is 1. The summed E-state index contributed by atoms with van der Waals surface area (Å²) in [6.07, 6.45) is 11.2. The van der Waals surface area contributed by atoms with Crippen LogP contribution >= 0.6 is 11.8 Å². The van der Waals surface area contributed by atoms with Gasteiger partial charge in [-0.3, -0.25) is 0 Å². The highest BCUT2D eigenvalue weighted by Crippen LogP contribution is 2.33. The van der Waals surface area contributed by atoms with E-state index in [1.807, 2.05) is 42.5 Å². The van der Waals surface area contributed by atoms with Gasteiger partial charge in [-0.1, -0.05) is 67.4 Å². The van der Waals surface area contributed by atoms with Crippen molar-refractivity contribution >= 4 is 30.0 Å². The van der Waals surface area contributed by atoms with E-state index in [9.17, 15) is 9.90 Å². The molecule has 0 bridgehead atoms. The lowest BCUT2D eigenvalue weighted by atomic mass is 9.89. The van der Waals surface area contributed by atoms with E-state index in [-0.39, 0.29) is 5.75 Å². The molecule has 6 nitrogen and oxygen atoms in total. The fourth-order valence-corrected chi connectivity index (χ4v) is 3.65. The minimum Gasteiger partial charge on any atom is -0.549 e. The molecule has 0 amide bonds. The van der Waals surface area contributed by atoms with Crippen LogP contribution in [0, 0.1) is 0 Å². The Bertz CT molecular complexity index is 780. The zero-order chi connectivity index (χ0) is 18.2. The van der Waals surface area contributed by atoms with Gasteiger partial charge in [0.2, 0.25) is 5.16 Å². The Labute approximate surface area is 157 Å². The molecule has 136 valence electrons. The Morgan fingerprint density at radius 2 is 2.00 bits per heavy atom. The van der Waals surface area contributed by atoms with Crippen LogP contribution in [0.2, 0.25) is 0 Å². The predicted molar refractivity (Wildman–Crippen MR) is 101 cm³/mol. The van der Waals surface area contributed by atoms with Crippen LogP contribution in [-0.2, 0) is 4.79 Å². The monoisotopic (exact) mass is 369 g/mol. The molecule has 0 aliphatic heterocycles. The number of carboxylic acid groups (broad SMARTS) is 1. The first-order chi connectivity index (χ1) is 12.7. The molecule has 1 aromatic carbocycles. The summed E-state index contributed by atoms with van der Waals surface area (Å²) in [6.45, 7) is 0. The molecular weight excluding hydrogens is 348 g/mol. The minimum absolute atomic E-state index is 0.168. The number of hydrogen-bond donors (Lipinski definition) is 0. The van der Waals surface area contributed by atoms with E-state index in [2.05, 4.69) is 15.3 Å². The van der Waals surface area contributed by atoms with Crippen molar-refractivity contribution in [2.24, 2.45) is 5.10 Å². The Balaban J connectivity index is 1.79. The molecule has 1 aliphatic carbocycles. The second-order valence-corrected chi connectivity index (χ2v) is 7.13. The number of rotatable bonds is 7. The maximum Gasteiger partial charge on any atom is 0.212 e. The van der Waals surface area contributed by atoms with Crippen LogP contribution < -0.4 is 5.11 Å². The zero-order valence-corrected chi connectivity index (χ0v) is 15.3. The van der Waals surface area contributed by atoms with E-state index in [4.69, 9.17) is 0 Å². The standard InChI is InChI=1S/C19H22N4O2S/c24-17(25)14-26-19-22-21-18(16-11-5-2-6-12-16)23(19)20-13-7-10-15-8-3-1-4-9-15/h1,3-4,7-10,13,16H,2,5-6,11-12,14H2,(H,24,25)/p-1/b10-7+,20-13-. The third-order valence-corrected chi connectivity index (χ3v) is 5.17. The number of nitrogens with zero attached hydrogens (tertiary/aromatic N) is 4. The Morgan fingerprint density at radius 3 is 2.73 bits per heavy atom. The quantitative estimate of drug-likeness (QED) is 0.553. The zero-order valence-electron chi connectivity index (χ0n) is 14.5. The van der Waals surface area contributed by atoms with Crippen molar-refractivity contribution in [3.8, 4) is 0 Å². The van der Waals surface area contributed by atoms with E-state index >= 15 is 0 Å². The number of aliphatic carboxylic acids is 1. The van der Waals surface area contributed by atoms with Gasteiger partial charge in [-0.15, -0.1) is 10.2 Å². The molecule has 3 rings (SSSR count). The number of aromatic nitrogens is 3. The highest BCUT2D eigenvalue weighted by atomic mass is 32.2. The molecule has 1 fully saturated rings. The Morgan fingerprint density at radius 1 is 1.23 bits per heavy atom. The topological polar surface area (TPSA) is 83.2 Å². The van der Waals surface area contributed by atoms with E-state index in [1.54, 1.807) is 10.9 Å². The van der Waals surface area contributed by atoms with Gasteiger partial charge in [-0.2, -0.15) is 9.78 Å². The minimum atomic E-state index is -1.13. The van der Waals surface area contributed by atoms with Crippen molar-refractivity contribution in [1.82, 2.24) is 14.9 Å². The molecule has 0 saturated heterocycles. The van der Waals surface area contributed by atoms with E-state index in [1.165, 1.54) is 19.3 Å². The molecule has 26 heavy (non-hydrogen) atoms. The van der Waals surface area contributed by atoms with Gasteiger partial charge in [-0.25, -0.2) is 0 Å². The average Bonchev–Trinajstić information content (AvgIpc) is 3.08. The van der Waals surface area contributed by atoms with Crippen molar-refractivity contribution < 1.29 is 9.90 Å². The summed E-state index contributed by atoms with van der Waals surface area (Å²) in [5.74, 6) is -0.159. The lowest BCUT2D eigenvalue weighted by Gasteiger charge is -2.20. The van der Waals surface area contributed by atoms with Gasteiger partial charge in [0, 0.05) is 17.9 Å². The second-order valence-electron chi connectivity index (χ2n) is 6.18. The van der Waals surface area contributed by atoms with E-state index in [0.29, 0.717) is 11.1 Å². The first-order valence-electron chi connectivity index (χ1n) is 8.78. The van der Waals surface area contributed by atoms with Gasteiger partial charge in [-0.05, 0) is 24.5 Å². The van der Waals surface area contributed by atoms with Crippen molar-refractivity contribution in [2.75, 3.05) is 5.75 Å². The largest absolute Gasteiger partial charge is 0.549 e. The normalized spacial score (nSPS) is 15.8. The highest BCUT2D eigenvalue weighted by molar-refractivity contribution is 7.99. The summed E-state index contributed by atoms with van der Waals surface area (Å²) in [4.78, 5) is 10.8. The number of allylic oxidation sites excluding steroid dienone is 1. The van der Waals surface area contributed by atoms with Gasteiger partial charge in [0.05, 0.1) is 5.97 Å². The predicted octanol–water partition coefficient (Wildman–Crippen LogP) is 2.72. The van der Waals surface area contributed by atoms with Gasteiger partial charge in [0.25, 0.3) is 0 Å². The van der Waals surface area contributed by atoms with Crippen LogP contribution in [0.25, 0.3) is 6.08 Å². The summed E-state index contributed by atoms with van der Waals surface area (Å²) in [7, 11) is 0. The Hall–Kier alpha value is -2.41. The molecule has 0 radical (unpaired) electrons. The lowest BCUT2D eigenvalue weighted by molar-refractivity contribution is -0.301. The van der Waals surface area contributed by atoms with Gasteiger partial charge in [0.15, 0.2) is 5.82 Å². The molecule has 0 N–H and O–H groups in total. The van der Waals surface area contributed by atoms with Gasteiger partial charge < -0.3 is 9.90 Å². The molecule has 2 aromatic rings. The van der Waals surface area contributed by atoms with E-state index < -0.39 is 5.97 Å². The maximum absolute atomic E-state index is 10.8. The van der Waals surface area contributed by atoms with Crippen molar-refractivity contribution in [3.63, 3.8) is 0 Å². The van der Waals surface area contributed by atoms with Crippen LogP contribution in [0.4, 0.5) is 0 Å². The van der Waals surface area contributed by atoms with Gasteiger partial charge in [0.1, 0.15) is 0 Å².